The van der Waals surface area contributed by atoms with Gasteiger partial charge in [0.25, 0.3) is 0 Å². The van der Waals surface area contributed by atoms with Crippen molar-refractivity contribution in [2.24, 2.45) is 0 Å². The average molecular weight is 418 g/mol. The number of halogens is 2. The Hall–Kier alpha value is -0.490. The van der Waals surface area contributed by atoms with E-state index in [-0.39, 0.29) is 6.61 Å². The molecule has 5 heteroatoms. The van der Waals surface area contributed by atoms with Gasteiger partial charge in [-0.15, -0.1) is 11.8 Å². The van der Waals surface area contributed by atoms with Gasteiger partial charge in [0.15, 0.2) is 0 Å². The molecule has 0 saturated heterocycles. The van der Waals surface area contributed by atoms with E-state index in [1.54, 1.807) is 11.8 Å². The number of aliphatic hydroxyl groups is 1. The van der Waals surface area contributed by atoms with E-state index in [0.29, 0.717) is 6.61 Å². The molecule has 0 heterocycles. The molecule has 20 heavy (non-hydrogen) atoms. The Labute approximate surface area is 139 Å². The van der Waals surface area contributed by atoms with Gasteiger partial charge in [0, 0.05) is 10.6 Å². The Kier molecular flexibility index (Phi) is 6.42. The van der Waals surface area contributed by atoms with E-state index in [0.717, 1.165) is 26.0 Å². The standard InChI is InChI=1S/C15H14Br2O2S/c16-13-8-11(10-18)9-14(17)15(13)19-6-7-20-12-4-2-1-3-5-12/h1-5,8-9,18H,6-7,10H2. The van der Waals surface area contributed by atoms with Gasteiger partial charge in [-0.1, -0.05) is 18.2 Å². The second-order valence-corrected chi connectivity index (χ2v) is 6.93. The highest BCUT2D eigenvalue weighted by Gasteiger charge is 2.08. The van der Waals surface area contributed by atoms with Gasteiger partial charge in [-0.05, 0) is 61.7 Å². The van der Waals surface area contributed by atoms with E-state index in [1.807, 2.05) is 30.3 Å². The van der Waals surface area contributed by atoms with E-state index in [1.165, 1.54) is 4.90 Å². The molecule has 0 amide bonds. The van der Waals surface area contributed by atoms with Gasteiger partial charge in [0.2, 0.25) is 0 Å². The quantitative estimate of drug-likeness (QED) is 0.536. The number of hydrogen-bond donors (Lipinski definition) is 1. The summed E-state index contributed by atoms with van der Waals surface area (Å²) in [6, 6.07) is 14.0. The molecule has 2 aromatic carbocycles. The Balaban J connectivity index is 1.88. The van der Waals surface area contributed by atoms with Crippen molar-refractivity contribution in [3.05, 3.63) is 57.0 Å². The van der Waals surface area contributed by atoms with Gasteiger partial charge in [-0.3, -0.25) is 0 Å². The molecule has 0 saturated carbocycles. The lowest BCUT2D eigenvalue weighted by molar-refractivity contribution is 0.281. The molecule has 0 aliphatic carbocycles. The maximum Gasteiger partial charge on any atom is 0.147 e. The SMILES string of the molecule is OCc1cc(Br)c(OCCSc2ccccc2)c(Br)c1. The van der Waals surface area contributed by atoms with E-state index >= 15 is 0 Å². The minimum atomic E-state index is 0.0152. The highest BCUT2D eigenvalue weighted by molar-refractivity contribution is 9.11. The summed E-state index contributed by atoms with van der Waals surface area (Å²) in [5.41, 5.74) is 0.842. The second kappa shape index (κ2) is 8.08. The number of ether oxygens (including phenoxy) is 1. The van der Waals surface area contributed by atoms with Crippen LogP contribution < -0.4 is 4.74 Å². The van der Waals surface area contributed by atoms with Crippen LogP contribution in [-0.2, 0) is 6.61 Å². The lowest BCUT2D eigenvalue weighted by Gasteiger charge is -2.11. The van der Waals surface area contributed by atoms with Crippen LogP contribution in [0.5, 0.6) is 5.75 Å². The molecular formula is C15H14Br2O2S. The van der Waals surface area contributed by atoms with Crippen molar-refractivity contribution in [2.75, 3.05) is 12.4 Å². The zero-order chi connectivity index (χ0) is 14.4. The normalized spacial score (nSPS) is 10.6. The van der Waals surface area contributed by atoms with Crippen LogP contribution in [0.15, 0.2) is 56.3 Å². The molecule has 0 atom stereocenters. The molecule has 2 rings (SSSR count). The Morgan fingerprint density at radius 3 is 2.30 bits per heavy atom. The minimum absolute atomic E-state index is 0.0152. The molecule has 0 spiro atoms. The number of hydrogen-bond acceptors (Lipinski definition) is 3. The average Bonchev–Trinajstić information content (AvgIpc) is 2.46. The summed E-state index contributed by atoms with van der Waals surface area (Å²) in [5.74, 6) is 1.65. The Morgan fingerprint density at radius 1 is 1.05 bits per heavy atom. The van der Waals surface area contributed by atoms with Gasteiger partial charge < -0.3 is 9.84 Å². The van der Waals surface area contributed by atoms with Crippen molar-refractivity contribution in [3.63, 3.8) is 0 Å². The fourth-order valence-corrected chi connectivity index (χ4v) is 3.92. The summed E-state index contributed by atoms with van der Waals surface area (Å²) in [7, 11) is 0. The maximum atomic E-state index is 9.13. The summed E-state index contributed by atoms with van der Waals surface area (Å²) < 4.78 is 7.49. The van der Waals surface area contributed by atoms with Crippen LogP contribution in [0, 0.1) is 0 Å². The molecule has 1 N–H and O–H groups in total. The smallest absolute Gasteiger partial charge is 0.147 e. The molecule has 106 valence electrons. The van der Waals surface area contributed by atoms with Crippen molar-refractivity contribution < 1.29 is 9.84 Å². The monoisotopic (exact) mass is 416 g/mol. The van der Waals surface area contributed by atoms with Gasteiger partial charge in [0.05, 0.1) is 22.2 Å². The number of aliphatic hydroxyl groups excluding tert-OH is 1. The van der Waals surface area contributed by atoms with E-state index in [2.05, 4.69) is 44.0 Å². The van der Waals surface area contributed by atoms with Gasteiger partial charge >= 0.3 is 0 Å². The van der Waals surface area contributed by atoms with Crippen molar-refractivity contribution in [2.45, 2.75) is 11.5 Å². The summed E-state index contributed by atoms with van der Waals surface area (Å²) in [5, 5.41) is 9.13. The highest BCUT2D eigenvalue weighted by Crippen LogP contribution is 2.35. The summed E-state index contributed by atoms with van der Waals surface area (Å²) >= 11 is 8.69. The molecule has 0 unspecified atom stereocenters. The van der Waals surface area contributed by atoms with Crippen LogP contribution in [0.1, 0.15) is 5.56 Å². The predicted octanol–water partition coefficient (Wildman–Crippen LogP) is 4.88. The summed E-state index contributed by atoms with van der Waals surface area (Å²) in [4.78, 5) is 1.24. The molecule has 0 aromatic heterocycles. The lowest BCUT2D eigenvalue weighted by Crippen LogP contribution is -2.02. The molecule has 0 bridgehead atoms. The number of thioether (sulfide) groups is 1. The van der Waals surface area contributed by atoms with E-state index in [4.69, 9.17) is 9.84 Å². The molecular weight excluding hydrogens is 404 g/mol. The Bertz CT molecular complexity index is 538. The number of benzene rings is 2. The van der Waals surface area contributed by atoms with Gasteiger partial charge in [-0.25, -0.2) is 0 Å². The molecule has 0 aliphatic heterocycles. The van der Waals surface area contributed by atoms with Crippen LogP contribution in [-0.4, -0.2) is 17.5 Å². The molecule has 0 fully saturated rings. The Morgan fingerprint density at radius 2 is 1.70 bits per heavy atom. The van der Waals surface area contributed by atoms with E-state index in [9.17, 15) is 0 Å². The molecule has 2 nitrogen and oxygen atoms in total. The van der Waals surface area contributed by atoms with Crippen LogP contribution >= 0.6 is 43.6 Å². The zero-order valence-corrected chi connectivity index (χ0v) is 14.7. The van der Waals surface area contributed by atoms with Gasteiger partial charge in [-0.2, -0.15) is 0 Å². The third-order valence-corrected chi connectivity index (χ3v) is 4.74. The zero-order valence-electron chi connectivity index (χ0n) is 10.7. The van der Waals surface area contributed by atoms with Crippen molar-refractivity contribution in [1.82, 2.24) is 0 Å². The first-order valence-corrected chi connectivity index (χ1v) is 8.67. The summed E-state index contributed by atoms with van der Waals surface area (Å²) in [6.45, 7) is 0.635. The fraction of sp³-hybridized carbons (Fsp3) is 0.200. The molecule has 2 aromatic rings. The molecule has 0 aliphatic rings. The van der Waals surface area contributed by atoms with Crippen molar-refractivity contribution in [1.29, 1.82) is 0 Å². The topological polar surface area (TPSA) is 29.5 Å². The van der Waals surface area contributed by atoms with Crippen molar-refractivity contribution in [3.8, 4) is 5.75 Å². The first-order chi connectivity index (χ1) is 9.70. The lowest BCUT2D eigenvalue weighted by atomic mass is 10.2. The largest absolute Gasteiger partial charge is 0.490 e. The van der Waals surface area contributed by atoms with E-state index < -0.39 is 0 Å². The predicted molar refractivity (Wildman–Crippen MR) is 90.4 cm³/mol. The fourth-order valence-electron chi connectivity index (χ4n) is 1.66. The van der Waals surface area contributed by atoms with Crippen LogP contribution in [0.25, 0.3) is 0 Å². The summed E-state index contributed by atoms with van der Waals surface area (Å²) in [6.07, 6.45) is 0. The van der Waals surface area contributed by atoms with Crippen molar-refractivity contribution >= 4 is 43.6 Å². The maximum absolute atomic E-state index is 9.13. The van der Waals surface area contributed by atoms with Crippen LogP contribution in [0.3, 0.4) is 0 Å². The highest BCUT2D eigenvalue weighted by atomic mass is 79.9. The minimum Gasteiger partial charge on any atom is -0.490 e. The van der Waals surface area contributed by atoms with Crippen LogP contribution in [0.4, 0.5) is 0 Å². The second-order valence-electron chi connectivity index (χ2n) is 4.06. The molecule has 0 radical (unpaired) electrons. The third-order valence-electron chi connectivity index (χ3n) is 2.58. The van der Waals surface area contributed by atoms with Gasteiger partial charge in [0.1, 0.15) is 5.75 Å². The first-order valence-electron chi connectivity index (χ1n) is 6.10. The third kappa shape index (κ3) is 4.52. The first kappa shape index (κ1) is 15.9. The number of rotatable bonds is 6. The van der Waals surface area contributed by atoms with Crippen LogP contribution in [0.2, 0.25) is 0 Å².